The number of ether oxygens (including phenoxy) is 1. The highest BCUT2D eigenvalue weighted by Gasteiger charge is 2.16. The number of halogens is 2. The first kappa shape index (κ1) is 18.7. The molecule has 2 aromatic carbocycles. The fourth-order valence-corrected chi connectivity index (χ4v) is 2.21. The largest absolute Gasteiger partial charge is 0.449 e. The molecule has 0 heterocycles. The maximum Gasteiger partial charge on any atom is 0.331 e. The zero-order valence-corrected chi connectivity index (χ0v) is 14.3. The summed E-state index contributed by atoms with van der Waals surface area (Å²) in [7, 11) is 0. The van der Waals surface area contributed by atoms with Crippen molar-refractivity contribution in [2.45, 2.75) is 19.6 Å². The van der Waals surface area contributed by atoms with Crippen molar-refractivity contribution >= 4 is 29.6 Å². The summed E-state index contributed by atoms with van der Waals surface area (Å²) >= 11 is 6.01. The van der Waals surface area contributed by atoms with Crippen LogP contribution >= 0.6 is 11.6 Å². The molecule has 0 fully saturated rings. The number of hydrogen-bond donors (Lipinski definition) is 1. The SMILES string of the molecule is C[C@H](OC(=O)/C=C/c1ccccc1F)C(=O)NCc1ccccc1Cl. The predicted molar refractivity (Wildman–Crippen MR) is 94.3 cm³/mol. The summed E-state index contributed by atoms with van der Waals surface area (Å²) in [6.45, 7) is 1.68. The smallest absolute Gasteiger partial charge is 0.331 e. The van der Waals surface area contributed by atoms with Gasteiger partial charge >= 0.3 is 5.97 Å². The van der Waals surface area contributed by atoms with Crippen LogP contribution in [0.4, 0.5) is 4.39 Å². The molecule has 25 heavy (non-hydrogen) atoms. The molecule has 0 saturated carbocycles. The van der Waals surface area contributed by atoms with Crippen LogP contribution < -0.4 is 5.32 Å². The number of benzene rings is 2. The Hall–Kier alpha value is -2.66. The molecule has 0 aliphatic carbocycles. The van der Waals surface area contributed by atoms with Crippen LogP contribution in [-0.2, 0) is 20.9 Å². The van der Waals surface area contributed by atoms with Gasteiger partial charge in [-0.2, -0.15) is 0 Å². The van der Waals surface area contributed by atoms with Gasteiger partial charge < -0.3 is 10.1 Å². The Kier molecular flexibility index (Phi) is 6.71. The number of hydrogen-bond acceptors (Lipinski definition) is 3. The molecular weight excluding hydrogens is 345 g/mol. The molecule has 0 aromatic heterocycles. The lowest BCUT2D eigenvalue weighted by Crippen LogP contribution is -2.35. The average Bonchev–Trinajstić information content (AvgIpc) is 2.60. The minimum absolute atomic E-state index is 0.228. The van der Waals surface area contributed by atoms with E-state index in [1.54, 1.807) is 30.3 Å². The lowest BCUT2D eigenvalue weighted by atomic mass is 10.2. The maximum absolute atomic E-state index is 13.4. The molecule has 2 aromatic rings. The first-order chi connectivity index (χ1) is 12.0. The van der Waals surface area contributed by atoms with Gasteiger partial charge in [-0.1, -0.05) is 48.0 Å². The van der Waals surface area contributed by atoms with Crippen LogP contribution in [0.5, 0.6) is 0 Å². The van der Waals surface area contributed by atoms with Gasteiger partial charge in [-0.25, -0.2) is 9.18 Å². The summed E-state index contributed by atoms with van der Waals surface area (Å²) in [5, 5.41) is 3.19. The average molecular weight is 362 g/mol. The van der Waals surface area contributed by atoms with Crippen molar-refractivity contribution in [2.75, 3.05) is 0 Å². The van der Waals surface area contributed by atoms with E-state index < -0.39 is 23.8 Å². The minimum atomic E-state index is -0.986. The van der Waals surface area contributed by atoms with E-state index in [-0.39, 0.29) is 12.1 Å². The van der Waals surface area contributed by atoms with Crippen LogP contribution in [0.1, 0.15) is 18.1 Å². The quantitative estimate of drug-likeness (QED) is 0.630. The molecule has 4 nitrogen and oxygen atoms in total. The molecule has 6 heteroatoms. The topological polar surface area (TPSA) is 55.4 Å². The van der Waals surface area contributed by atoms with E-state index in [0.29, 0.717) is 5.02 Å². The fourth-order valence-electron chi connectivity index (χ4n) is 2.00. The number of amides is 1. The number of rotatable bonds is 6. The zero-order chi connectivity index (χ0) is 18.2. The van der Waals surface area contributed by atoms with E-state index in [1.165, 1.54) is 25.1 Å². The third-order valence-corrected chi connectivity index (χ3v) is 3.75. The minimum Gasteiger partial charge on any atom is -0.449 e. The third kappa shape index (κ3) is 5.72. The van der Waals surface area contributed by atoms with Crippen molar-refractivity contribution in [1.29, 1.82) is 0 Å². The second-order valence-electron chi connectivity index (χ2n) is 5.24. The van der Waals surface area contributed by atoms with Gasteiger partial charge in [0.05, 0.1) is 0 Å². The Balaban J connectivity index is 1.85. The Labute approximate surface area is 150 Å². The van der Waals surface area contributed by atoms with Crippen LogP contribution in [-0.4, -0.2) is 18.0 Å². The van der Waals surface area contributed by atoms with Crippen LogP contribution in [0.2, 0.25) is 5.02 Å². The molecule has 0 unspecified atom stereocenters. The van der Waals surface area contributed by atoms with Crippen molar-refractivity contribution in [3.63, 3.8) is 0 Å². The molecule has 1 atom stereocenters. The summed E-state index contributed by atoms with van der Waals surface area (Å²) < 4.78 is 18.4. The molecule has 1 N–H and O–H groups in total. The van der Waals surface area contributed by atoms with Crippen molar-refractivity contribution in [2.24, 2.45) is 0 Å². The lowest BCUT2D eigenvalue weighted by molar-refractivity contribution is -0.150. The van der Waals surface area contributed by atoms with Gasteiger partial charge in [0.1, 0.15) is 5.82 Å². The molecular formula is C19H17ClFNO3. The Morgan fingerprint density at radius 3 is 2.60 bits per heavy atom. The lowest BCUT2D eigenvalue weighted by Gasteiger charge is -2.13. The number of nitrogens with one attached hydrogen (secondary N) is 1. The van der Waals surface area contributed by atoms with Crippen LogP contribution in [0.3, 0.4) is 0 Å². The summed E-state index contributed by atoms with van der Waals surface area (Å²) in [6, 6.07) is 13.1. The molecule has 0 spiro atoms. The number of esters is 1. The van der Waals surface area contributed by atoms with Crippen LogP contribution in [0.15, 0.2) is 54.6 Å². The van der Waals surface area contributed by atoms with Gasteiger partial charge in [0.25, 0.3) is 5.91 Å². The van der Waals surface area contributed by atoms with Crippen molar-refractivity contribution in [1.82, 2.24) is 5.32 Å². The van der Waals surface area contributed by atoms with E-state index in [9.17, 15) is 14.0 Å². The number of carbonyl (C=O) groups is 2. The van der Waals surface area contributed by atoms with Gasteiger partial charge in [0.2, 0.25) is 0 Å². The Morgan fingerprint density at radius 2 is 1.88 bits per heavy atom. The number of carbonyl (C=O) groups excluding carboxylic acids is 2. The van der Waals surface area contributed by atoms with E-state index in [2.05, 4.69) is 5.32 Å². The molecule has 0 aliphatic heterocycles. The predicted octanol–water partition coefficient (Wildman–Crippen LogP) is 3.74. The molecule has 130 valence electrons. The van der Waals surface area contributed by atoms with Gasteiger partial charge in [-0.15, -0.1) is 0 Å². The van der Waals surface area contributed by atoms with Crippen molar-refractivity contribution in [3.05, 3.63) is 76.6 Å². The third-order valence-electron chi connectivity index (χ3n) is 3.38. The maximum atomic E-state index is 13.4. The van der Waals surface area contributed by atoms with E-state index in [4.69, 9.17) is 16.3 Å². The molecule has 0 saturated heterocycles. The second kappa shape index (κ2) is 8.99. The fraction of sp³-hybridized carbons (Fsp3) is 0.158. The summed E-state index contributed by atoms with van der Waals surface area (Å²) in [4.78, 5) is 23.7. The first-order valence-electron chi connectivity index (χ1n) is 7.61. The monoisotopic (exact) mass is 361 g/mol. The van der Waals surface area contributed by atoms with E-state index in [0.717, 1.165) is 11.6 Å². The molecule has 0 aliphatic rings. The summed E-state index contributed by atoms with van der Waals surface area (Å²) in [5.41, 5.74) is 1.02. The van der Waals surface area contributed by atoms with Crippen LogP contribution in [0.25, 0.3) is 6.08 Å². The van der Waals surface area contributed by atoms with Crippen LogP contribution in [0, 0.1) is 5.82 Å². The summed E-state index contributed by atoms with van der Waals surface area (Å²) in [6.07, 6.45) is 1.39. The second-order valence-corrected chi connectivity index (χ2v) is 5.65. The van der Waals surface area contributed by atoms with Gasteiger partial charge in [0.15, 0.2) is 6.10 Å². The highest BCUT2D eigenvalue weighted by molar-refractivity contribution is 6.31. The molecule has 0 bridgehead atoms. The standard InChI is InChI=1S/C19H17ClFNO3/c1-13(19(24)22-12-15-7-2-4-8-16(15)20)25-18(23)11-10-14-6-3-5-9-17(14)21/h2-11,13H,12H2,1H3,(H,22,24)/b11-10+/t13-/m0/s1. The Bertz CT molecular complexity index is 792. The highest BCUT2D eigenvalue weighted by atomic mass is 35.5. The van der Waals surface area contributed by atoms with Gasteiger partial charge in [-0.05, 0) is 30.7 Å². The first-order valence-corrected chi connectivity index (χ1v) is 7.99. The van der Waals surface area contributed by atoms with Crippen molar-refractivity contribution < 1.29 is 18.7 Å². The molecule has 0 radical (unpaired) electrons. The van der Waals surface area contributed by atoms with E-state index in [1.807, 2.05) is 6.07 Å². The zero-order valence-electron chi connectivity index (χ0n) is 13.5. The molecule has 1 amide bonds. The Morgan fingerprint density at radius 1 is 1.20 bits per heavy atom. The highest BCUT2D eigenvalue weighted by Crippen LogP contribution is 2.14. The summed E-state index contributed by atoms with van der Waals surface area (Å²) in [5.74, 6) is -1.63. The van der Waals surface area contributed by atoms with Gasteiger partial charge in [-0.3, -0.25) is 4.79 Å². The normalized spacial score (nSPS) is 12.0. The van der Waals surface area contributed by atoms with E-state index >= 15 is 0 Å². The van der Waals surface area contributed by atoms with Crippen molar-refractivity contribution in [3.8, 4) is 0 Å². The van der Waals surface area contributed by atoms with Gasteiger partial charge in [0, 0.05) is 23.2 Å². The molecule has 2 rings (SSSR count).